The molecular formula is C19H27N3O3. The molecule has 3 atom stereocenters. The Labute approximate surface area is 148 Å². The van der Waals surface area contributed by atoms with E-state index >= 15 is 0 Å². The number of carbonyl (C=O) groups is 2. The van der Waals surface area contributed by atoms with Crippen LogP contribution >= 0.6 is 0 Å². The second kappa shape index (κ2) is 7.97. The van der Waals surface area contributed by atoms with Gasteiger partial charge in [0.1, 0.15) is 6.10 Å². The van der Waals surface area contributed by atoms with E-state index in [0.29, 0.717) is 30.3 Å². The molecule has 1 aromatic rings. The van der Waals surface area contributed by atoms with E-state index in [1.807, 2.05) is 4.90 Å². The van der Waals surface area contributed by atoms with E-state index < -0.39 is 0 Å². The van der Waals surface area contributed by atoms with Crippen LogP contribution in [0.5, 0.6) is 0 Å². The van der Waals surface area contributed by atoms with Gasteiger partial charge in [0.15, 0.2) is 0 Å². The molecule has 0 aliphatic carbocycles. The highest BCUT2D eigenvalue weighted by Gasteiger charge is 2.30. The summed E-state index contributed by atoms with van der Waals surface area (Å²) < 4.78 is 5.40. The lowest BCUT2D eigenvalue weighted by atomic mass is 9.92. The first-order chi connectivity index (χ1) is 12.1. The van der Waals surface area contributed by atoms with E-state index in [9.17, 15) is 9.59 Å². The van der Waals surface area contributed by atoms with Crippen LogP contribution in [0.2, 0.25) is 0 Å². The third kappa shape index (κ3) is 4.19. The fraction of sp³-hybridized carbons (Fsp3) is 0.579. The van der Waals surface area contributed by atoms with Gasteiger partial charge in [0.2, 0.25) is 0 Å². The zero-order chi connectivity index (χ0) is 17.8. The average molecular weight is 345 g/mol. The third-order valence-electron chi connectivity index (χ3n) is 5.11. The molecule has 6 nitrogen and oxygen atoms in total. The molecule has 0 bridgehead atoms. The van der Waals surface area contributed by atoms with Gasteiger partial charge in [-0.2, -0.15) is 0 Å². The number of rotatable bonds is 4. The molecule has 0 aromatic heterocycles. The van der Waals surface area contributed by atoms with Gasteiger partial charge in [-0.05, 0) is 49.8 Å². The number of nitrogens with one attached hydrogen (secondary N) is 1. The van der Waals surface area contributed by atoms with Crippen molar-refractivity contribution in [3.05, 3.63) is 29.8 Å². The average Bonchev–Trinajstić information content (AvgIpc) is 3.16. The monoisotopic (exact) mass is 345 g/mol. The Kier molecular flexibility index (Phi) is 5.71. The molecule has 2 saturated heterocycles. The van der Waals surface area contributed by atoms with Crippen molar-refractivity contribution in [2.24, 2.45) is 11.7 Å². The van der Waals surface area contributed by atoms with Crippen LogP contribution in [0.4, 0.5) is 5.69 Å². The van der Waals surface area contributed by atoms with E-state index in [-0.39, 0.29) is 24.0 Å². The fourth-order valence-electron chi connectivity index (χ4n) is 3.65. The normalized spacial score (nSPS) is 26.5. The number of benzene rings is 1. The molecule has 2 amide bonds. The van der Waals surface area contributed by atoms with Gasteiger partial charge in [-0.1, -0.05) is 13.0 Å². The molecule has 136 valence electrons. The zero-order valence-corrected chi connectivity index (χ0v) is 14.7. The van der Waals surface area contributed by atoms with Crippen LogP contribution in [0.25, 0.3) is 0 Å². The maximum absolute atomic E-state index is 12.9. The number of anilines is 1. The minimum Gasteiger partial charge on any atom is -0.368 e. The van der Waals surface area contributed by atoms with E-state index in [2.05, 4.69) is 12.2 Å². The number of hydrogen-bond donors (Lipinski definition) is 2. The Balaban J connectivity index is 1.69. The molecule has 3 N–H and O–H groups in total. The van der Waals surface area contributed by atoms with Crippen LogP contribution in [-0.2, 0) is 9.53 Å². The van der Waals surface area contributed by atoms with Gasteiger partial charge in [0.05, 0.1) is 0 Å². The predicted molar refractivity (Wildman–Crippen MR) is 96.3 cm³/mol. The Morgan fingerprint density at radius 2 is 2.20 bits per heavy atom. The van der Waals surface area contributed by atoms with Crippen molar-refractivity contribution in [1.29, 1.82) is 0 Å². The summed E-state index contributed by atoms with van der Waals surface area (Å²) in [5.74, 6) is 0.430. The minimum atomic E-state index is -0.385. The van der Waals surface area contributed by atoms with E-state index in [4.69, 9.17) is 10.5 Å². The van der Waals surface area contributed by atoms with Crippen molar-refractivity contribution < 1.29 is 14.3 Å². The molecule has 2 heterocycles. The smallest absolute Gasteiger partial charge is 0.254 e. The van der Waals surface area contributed by atoms with Gasteiger partial charge in [-0.3, -0.25) is 9.59 Å². The Hall–Kier alpha value is -1.92. The number of likely N-dealkylation sites (tertiary alicyclic amines) is 1. The summed E-state index contributed by atoms with van der Waals surface area (Å²) in [5.41, 5.74) is 7.08. The molecule has 0 spiro atoms. The van der Waals surface area contributed by atoms with Gasteiger partial charge >= 0.3 is 0 Å². The summed E-state index contributed by atoms with van der Waals surface area (Å²) in [5, 5.41) is 2.85. The Morgan fingerprint density at radius 3 is 2.92 bits per heavy atom. The molecule has 2 aliphatic rings. The lowest BCUT2D eigenvalue weighted by Gasteiger charge is -2.38. The number of amides is 2. The quantitative estimate of drug-likeness (QED) is 0.874. The first kappa shape index (κ1) is 17.9. The van der Waals surface area contributed by atoms with E-state index in [0.717, 1.165) is 32.2 Å². The minimum absolute atomic E-state index is 0.0180. The van der Waals surface area contributed by atoms with Gasteiger partial charge < -0.3 is 20.7 Å². The summed E-state index contributed by atoms with van der Waals surface area (Å²) in [4.78, 5) is 27.0. The lowest BCUT2D eigenvalue weighted by Crippen LogP contribution is -2.49. The van der Waals surface area contributed by atoms with Crippen LogP contribution in [0.15, 0.2) is 24.3 Å². The Morgan fingerprint density at radius 1 is 1.36 bits per heavy atom. The van der Waals surface area contributed by atoms with Crippen LogP contribution in [0, 0.1) is 5.92 Å². The standard InChI is InChI=1S/C19H27N3O3/c1-13-7-8-22(16(10-13)12-20)19(24)14-4-2-5-15(11-14)21-18(23)17-6-3-9-25-17/h2,4-5,11,13,16-17H,3,6-10,12,20H2,1H3,(H,21,23). The molecule has 2 aliphatic heterocycles. The van der Waals surface area contributed by atoms with Crippen molar-refractivity contribution in [2.45, 2.75) is 44.8 Å². The highest BCUT2D eigenvalue weighted by Crippen LogP contribution is 2.24. The predicted octanol–water partition coefficient (Wildman–Crippen LogP) is 2.00. The topological polar surface area (TPSA) is 84.7 Å². The number of nitrogens with zero attached hydrogens (tertiary/aromatic N) is 1. The van der Waals surface area contributed by atoms with Gasteiger partial charge in [0, 0.05) is 37.0 Å². The maximum atomic E-state index is 12.9. The highest BCUT2D eigenvalue weighted by molar-refractivity contribution is 5.98. The van der Waals surface area contributed by atoms with E-state index in [1.165, 1.54) is 0 Å². The number of nitrogens with two attached hydrogens (primary N) is 1. The van der Waals surface area contributed by atoms with Crippen molar-refractivity contribution >= 4 is 17.5 Å². The summed E-state index contributed by atoms with van der Waals surface area (Å²) in [6.45, 7) is 4.04. The molecular weight excluding hydrogens is 318 g/mol. The molecule has 6 heteroatoms. The first-order valence-electron chi connectivity index (χ1n) is 9.12. The maximum Gasteiger partial charge on any atom is 0.254 e. The highest BCUT2D eigenvalue weighted by atomic mass is 16.5. The van der Waals surface area contributed by atoms with Gasteiger partial charge in [-0.15, -0.1) is 0 Å². The zero-order valence-electron chi connectivity index (χ0n) is 14.7. The van der Waals surface area contributed by atoms with Crippen molar-refractivity contribution in [3.8, 4) is 0 Å². The van der Waals surface area contributed by atoms with Crippen LogP contribution in [0.3, 0.4) is 0 Å². The largest absolute Gasteiger partial charge is 0.368 e. The number of hydrogen-bond acceptors (Lipinski definition) is 4. The first-order valence-corrected chi connectivity index (χ1v) is 9.12. The number of ether oxygens (including phenoxy) is 1. The lowest BCUT2D eigenvalue weighted by molar-refractivity contribution is -0.124. The summed E-state index contributed by atoms with van der Waals surface area (Å²) in [6.07, 6.45) is 3.21. The summed E-state index contributed by atoms with van der Waals surface area (Å²) in [7, 11) is 0. The van der Waals surface area contributed by atoms with Crippen LogP contribution in [-0.4, -0.2) is 48.6 Å². The fourth-order valence-corrected chi connectivity index (χ4v) is 3.65. The second-order valence-electron chi connectivity index (χ2n) is 7.09. The van der Waals surface area contributed by atoms with Crippen LogP contribution in [0.1, 0.15) is 43.0 Å². The Bertz CT molecular complexity index is 628. The SMILES string of the molecule is CC1CCN(C(=O)c2cccc(NC(=O)C3CCCO3)c2)C(CN)C1. The molecule has 2 fully saturated rings. The number of carbonyl (C=O) groups excluding carboxylic acids is 2. The second-order valence-corrected chi connectivity index (χ2v) is 7.09. The summed E-state index contributed by atoms with van der Waals surface area (Å²) in [6, 6.07) is 7.20. The van der Waals surface area contributed by atoms with Crippen LogP contribution < -0.4 is 11.1 Å². The van der Waals surface area contributed by atoms with E-state index in [1.54, 1.807) is 24.3 Å². The molecule has 3 rings (SSSR count). The molecule has 1 aromatic carbocycles. The van der Waals surface area contributed by atoms with Crippen molar-refractivity contribution in [2.75, 3.05) is 25.0 Å². The number of piperidine rings is 1. The molecule has 0 saturated carbocycles. The molecule has 3 unspecified atom stereocenters. The third-order valence-corrected chi connectivity index (χ3v) is 5.11. The van der Waals surface area contributed by atoms with Gasteiger partial charge in [-0.25, -0.2) is 0 Å². The van der Waals surface area contributed by atoms with Gasteiger partial charge in [0.25, 0.3) is 11.8 Å². The van der Waals surface area contributed by atoms with Crippen molar-refractivity contribution in [1.82, 2.24) is 4.90 Å². The molecule has 0 radical (unpaired) electrons. The molecule has 25 heavy (non-hydrogen) atoms. The van der Waals surface area contributed by atoms with Crippen molar-refractivity contribution in [3.63, 3.8) is 0 Å². The summed E-state index contributed by atoms with van der Waals surface area (Å²) >= 11 is 0.